The van der Waals surface area contributed by atoms with E-state index in [9.17, 15) is 0 Å². The molecule has 7 nitrogen and oxygen atoms in total. The van der Waals surface area contributed by atoms with E-state index in [0.29, 0.717) is 6.54 Å². The molecule has 0 unspecified atom stereocenters. The van der Waals surface area contributed by atoms with E-state index in [0.717, 1.165) is 5.56 Å². The van der Waals surface area contributed by atoms with Crippen LogP contribution < -0.4 is 0 Å². The van der Waals surface area contributed by atoms with Gasteiger partial charge in [0.25, 0.3) is 0 Å². The topological polar surface area (TPSA) is 73.7 Å². The predicted molar refractivity (Wildman–Crippen MR) is 94.7 cm³/mol. The van der Waals surface area contributed by atoms with E-state index >= 15 is 0 Å². The SMILES string of the molecule is Cc1cnn(C)c1.Cc1cnn(C)c1C.Cc1cnn(CCO)c1. The van der Waals surface area contributed by atoms with E-state index in [4.69, 9.17) is 5.11 Å². The van der Waals surface area contributed by atoms with E-state index in [1.165, 1.54) is 16.8 Å². The maximum atomic E-state index is 8.47. The summed E-state index contributed by atoms with van der Waals surface area (Å²) in [6.45, 7) is 8.85. The lowest BCUT2D eigenvalue weighted by molar-refractivity contribution is 0.269. The fraction of sp³-hybridized carbons (Fsp3) is 0.471. The van der Waals surface area contributed by atoms with Gasteiger partial charge in [-0.3, -0.25) is 14.0 Å². The van der Waals surface area contributed by atoms with E-state index < -0.39 is 0 Å². The zero-order chi connectivity index (χ0) is 18.1. The molecule has 24 heavy (non-hydrogen) atoms. The second-order valence-corrected chi connectivity index (χ2v) is 5.73. The van der Waals surface area contributed by atoms with Crippen LogP contribution in [0, 0.1) is 27.7 Å². The third-order valence-electron chi connectivity index (χ3n) is 3.41. The van der Waals surface area contributed by atoms with E-state index in [1.54, 1.807) is 15.6 Å². The summed E-state index contributed by atoms with van der Waals surface area (Å²) < 4.78 is 5.38. The van der Waals surface area contributed by atoms with E-state index in [1.807, 2.05) is 57.4 Å². The summed E-state index contributed by atoms with van der Waals surface area (Å²) in [5.74, 6) is 0. The Morgan fingerprint density at radius 2 is 1.50 bits per heavy atom. The Balaban J connectivity index is 0.000000181. The van der Waals surface area contributed by atoms with Gasteiger partial charge >= 0.3 is 0 Å². The minimum absolute atomic E-state index is 0.154. The molecule has 0 aromatic carbocycles. The van der Waals surface area contributed by atoms with Crippen molar-refractivity contribution in [2.45, 2.75) is 34.2 Å². The molecule has 0 saturated carbocycles. The predicted octanol–water partition coefficient (Wildman–Crippen LogP) is 1.95. The van der Waals surface area contributed by atoms with Crippen LogP contribution in [0.5, 0.6) is 0 Å². The highest BCUT2D eigenvalue weighted by Crippen LogP contribution is 2.00. The molecule has 0 aliphatic heterocycles. The maximum absolute atomic E-state index is 8.47. The van der Waals surface area contributed by atoms with E-state index in [-0.39, 0.29) is 6.61 Å². The van der Waals surface area contributed by atoms with Gasteiger partial charge in [0, 0.05) is 32.2 Å². The molecule has 0 spiro atoms. The lowest BCUT2D eigenvalue weighted by atomic mass is 10.3. The second-order valence-electron chi connectivity index (χ2n) is 5.73. The largest absolute Gasteiger partial charge is 0.394 e. The van der Waals surface area contributed by atoms with Crippen LogP contribution in [0.3, 0.4) is 0 Å². The van der Waals surface area contributed by atoms with Crippen LogP contribution >= 0.6 is 0 Å². The molecule has 132 valence electrons. The molecule has 0 fully saturated rings. The fourth-order valence-electron chi connectivity index (χ4n) is 1.84. The average molecular weight is 332 g/mol. The summed E-state index contributed by atoms with van der Waals surface area (Å²) in [6.07, 6.45) is 9.35. The van der Waals surface area contributed by atoms with Crippen molar-refractivity contribution in [2.75, 3.05) is 6.61 Å². The van der Waals surface area contributed by atoms with Crippen LogP contribution in [0.1, 0.15) is 22.4 Å². The molecule has 3 rings (SSSR count). The molecule has 3 aromatic heterocycles. The Hall–Kier alpha value is -2.41. The first-order chi connectivity index (χ1) is 11.3. The van der Waals surface area contributed by atoms with Crippen molar-refractivity contribution in [1.29, 1.82) is 0 Å². The van der Waals surface area contributed by atoms with Crippen LogP contribution in [0.2, 0.25) is 0 Å². The molecule has 0 atom stereocenters. The Kier molecular flexibility index (Phi) is 7.91. The van der Waals surface area contributed by atoms with Crippen LogP contribution in [-0.2, 0) is 20.6 Å². The van der Waals surface area contributed by atoms with Gasteiger partial charge < -0.3 is 5.11 Å². The van der Waals surface area contributed by atoms with Gasteiger partial charge in [-0.05, 0) is 44.4 Å². The molecule has 0 aliphatic rings. The number of aliphatic hydroxyl groups is 1. The van der Waals surface area contributed by atoms with Gasteiger partial charge in [-0.2, -0.15) is 15.3 Å². The lowest BCUT2D eigenvalue weighted by Gasteiger charge is -1.92. The first kappa shape index (κ1) is 19.6. The zero-order valence-electron chi connectivity index (χ0n) is 15.4. The number of hydrogen-bond acceptors (Lipinski definition) is 4. The summed E-state index contributed by atoms with van der Waals surface area (Å²) in [7, 11) is 3.86. The highest BCUT2D eigenvalue weighted by Gasteiger charge is 1.93. The Morgan fingerprint density at radius 3 is 1.75 bits per heavy atom. The average Bonchev–Trinajstić information content (AvgIpc) is 3.20. The quantitative estimate of drug-likeness (QED) is 0.778. The number of nitrogens with zero attached hydrogens (tertiary/aromatic N) is 6. The zero-order valence-corrected chi connectivity index (χ0v) is 15.4. The number of aromatic nitrogens is 6. The molecular formula is C17H28N6O. The number of hydrogen-bond donors (Lipinski definition) is 1. The molecule has 7 heteroatoms. The minimum Gasteiger partial charge on any atom is -0.394 e. The number of aryl methyl sites for hydroxylation is 5. The normalized spacial score (nSPS) is 9.79. The third kappa shape index (κ3) is 6.78. The van der Waals surface area contributed by atoms with Crippen molar-refractivity contribution in [2.24, 2.45) is 14.1 Å². The molecule has 0 bridgehead atoms. The summed E-state index contributed by atoms with van der Waals surface area (Å²) in [6, 6.07) is 0. The molecule has 3 aromatic rings. The highest BCUT2D eigenvalue weighted by molar-refractivity contribution is 5.12. The Morgan fingerprint density at radius 1 is 0.875 bits per heavy atom. The molecule has 0 aliphatic carbocycles. The molecule has 0 amide bonds. The van der Waals surface area contributed by atoms with Crippen molar-refractivity contribution >= 4 is 0 Å². The second kappa shape index (κ2) is 9.67. The number of rotatable bonds is 2. The van der Waals surface area contributed by atoms with Crippen LogP contribution in [0.15, 0.2) is 31.0 Å². The third-order valence-corrected chi connectivity index (χ3v) is 3.41. The van der Waals surface area contributed by atoms with Crippen molar-refractivity contribution in [3.8, 4) is 0 Å². The maximum Gasteiger partial charge on any atom is 0.0640 e. The summed E-state index contributed by atoms with van der Waals surface area (Å²) in [5, 5.41) is 20.4. The van der Waals surface area contributed by atoms with Gasteiger partial charge in [-0.25, -0.2) is 0 Å². The van der Waals surface area contributed by atoms with Crippen molar-refractivity contribution < 1.29 is 5.11 Å². The fourth-order valence-corrected chi connectivity index (χ4v) is 1.84. The molecule has 1 N–H and O–H groups in total. The van der Waals surface area contributed by atoms with Gasteiger partial charge in [0.1, 0.15) is 0 Å². The van der Waals surface area contributed by atoms with Gasteiger partial charge in [-0.15, -0.1) is 0 Å². The van der Waals surface area contributed by atoms with Crippen molar-refractivity contribution in [3.63, 3.8) is 0 Å². The summed E-state index contributed by atoms with van der Waals surface area (Å²) in [4.78, 5) is 0. The first-order valence-corrected chi connectivity index (χ1v) is 7.83. The molecule has 0 radical (unpaired) electrons. The summed E-state index contributed by atoms with van der Waals surface area (Å²) >= 11 is 0. The summed E-state index contributed by atoms with van der Waals surface area (Å²) in [5.41, 5.74) is 4.84. The first-order valence-electron chi connectivity index (χ1n) is 7.83. The molecule has 0 saturated heterocycles. The van der Waals surface area contributed by atoms with E-state index in [2.05, 4.69) is 29.1 Å². The van der Waals surface area contributed by atoms with Gasteiger partial charge in [0.15, 0.2) is 0 Å². The van der Waals surface area contributed by atoms with Gasteiger partial charge in [0.05, 0.1) is 31.7 Å². The van der Waals surface area contributed by atoms with Crippen molar-refractivity contribution in [3.05, 3.63) is 53.4 Å². The Bertz CT molecular complexity index is 689. The Labute approximate surface area is 143 Å². The lowest BCUT2D eigenvalue weighted by Crippen LogP contribution is -2.01. The smallest absolute Gasteiger partial charge is 0.0640 e. The van der Waals surface area contributed by atoms with Crippen molar-refractivity contribution in [1.82, 2.24) is 29.3 Å². The molecule has 3 heterocycles. The van der Waals surface area contributed by atoms with Crippen LogP contribution in [-0.4, -0.2) is 41.1 Å². The standard InChI is InChI=1S/C6H10N2O.C6H10N2.C5H8N2/c1-6-4-7-8(5-6)2-3-9;1-5-4-7-8(3)6(5)2;1-5-3-6-7(2)4-5/h4-5,9H,2-3H2,1H3;4H,1-3H3;3-4H,1-2H3. The number of aliphatic hydroxyl groups excluding tert-OH is 1. The monoisotopic (exact) mass is 332 g/mol. The van der Waals surface area contributed by atoms with Crippen LogP contribution in [0.4, 0.5) is 0 Å². The van der Waals surface area contributed by atoms with Gasteiger partial charge in [-0.1, -0.05) is 0 Å². The minimum atomic E-state index is 0.154. The molecular weight excluding hydrogens is 304 g/mol. The van der Waals surface area contributed by atoms with Gasteiger partial charge in [0.2, 0.25) is 0 Å². The highest BCUT2D eigenvalue weighted by atomic mass is 16.3. The van der Waals surface area contributed by atoms with Crippen LogP contribution in [0.25, 0.3) is 0 Å².